The zero-order valence-electron chi connectivity index (χ0n) is 11.5. The van der Waals surface area contributed by atoms with Crippen LogP contribution in [0.4, 0.5) is 0 Å². The average molecular weight is 267 g/mol. The molecule has 18 heavy (non-hydrogen) atoms. The standard InChI is InChI=1S/C13H22O4.Mg/c1-12(2,3)13(10(14)15,11(16)17)9-7-5-4-6-8-9;/h9H,4-8H2,1-3H3,(H,14,15)(H,16,17);. The molecule has 1 fully saturated rings. The Balaban J connectivity index is 0.00000289. The van der Waals surface area contributed by atoms with Gasteiger partial charge in [-0.05, 0) is 24.2 Å². The summed E-state index contributed by atoms with van der Waals surface area (Å²) in [7, 11) is 0. The van der Waals surface area contributed by atoms with Crippen LogP contribution in [0.25, 0.3) is 0 Å². The van der Waals surface area contributed by atoms with E-state index in [0.717, 1.165) is 19.3 Å². The summed E-state index contributed by atoms with van der Waals surface area (Å²) < 4.78 is 0. The van der Waals surface area contributed by atoms with Crippen molar-refractivity contribution in [2.45, 2.75) is 52.9 Å². The molecule has 0 unspecified atom stereocenters. The molecule has 0 aliphatic heterocycles. The smallest absolute Gasteiger partial charge is 0.321 e. The lowest BCUT2D eigenvalue weighted by atomic mass is 9.56. The molecule has 0 aromatic rings. The molecule has 1 saturated carbocycles. The van der Waals surface area contributed by atoms with Gasteiger partial charge >= 0.3 is 11.9 Å². The minimum atomic E-state index is -1.66. The molecule has 0 amide bonds. The summed E-state index contributed by atoms with van der Waals surface area (Å²) in [6, 6.07) is 0. The van der Waals surface area contributed by atoms with Crippen LogP contribution in [0.1, 0.15) is 52.9 Å². The van der Waals surface area contributed by atoms with Crippen molar-refractivity contribution in [3.8, 4) is 0 Å². The highest BCUT2D eigenvalue weighted by atomic mass is 24.3. The number of hydrogen-bond acceptors (Lipinski definition) is 2. The van der Waals surface area contributed by atoms with Crippen molar-refractivity contribution in [3.05, 3.63) is 0 Å². The predicted molar refractivity (Wildman–Crippen MR) is 69.5 cm³/mol. The molecule has 0 atom stereocenters. The normalized spacial score (nSPS) is 17.9. The Morgan fingerprint density at radius 3 is 1.61 bits per heavy atom. The highest BCUT2D eigenvalue weighted by molar-refractivity contribution is 5.99. The molecule has 1 aliphatic carbocycles. The third-order valence-electron chi connectivity index (χ3n) is 4.08. The van der Waals surface area contributed by atoms with Crippen molar-refractivity contribution in [1.82, 2.24) is 0 Å². The van der Waals surface area contributed by atoms with Gasteiger partial charge in [0.2, 0.25) is 0 Å². The average Bonchev–Trinajstić information content (AvgIpc) is 2.16. The van der Waals surface area contributed by atoms with E-state index < -0.39 is 22.8 Å². The molecule has 2 radical (unpaired) electrons. The third-order valence-corrected chi connectivity index (χ3v) is 4.08. The van der Waals surface area contributed by atoms with Crippen LogP contribution in [-0.4, -0.2) is 45.2 Å². The first-order valence-electron chi connectivity index (χ1n) is 6.21. The lowest BCUT2D eigenvalue weighted by Crippen LogP contribution is -2.55. The summed E-state index contributed by atoms with van der Waals surface area (Å²) in [5, 5.41) is 19.0. The Kier molecular flexibility index (Phi) is 6.13. The van der Waals surface area contributed by atoms with Gasteiger partial charge in [0.1, 0.15) is 0 Å². The topological polar surface area (TPSA) is 74.6 Å². The van der Waals surface area contributed by atoms with Crippen LogP contribution in [0.2, 0.25) is 0 Å². The SMILES string of the molecule is CC(C)(C)C(C(=O)O)(C(=O)O)C1CCCCC1.[Mg]. The van der Waals surface area contributed by atoms with E-state index in [-0.39, 0.29) is 29.0 Å². The summed E-state index contributed by atoms with van der Waals surface area (Å²) in [5.74, 6) is -2.64. The number of carbonyl (C=O) groups is 2. The lowest BCUT2D eigenvalue weighted by Gasteiger charge is -2.44. The molecule has 0 heterocycles. The fraction of sp³-hybridized carbons (Fsp3) is 0.846. The summed E-state index contributed by atoms with van der Waals surface area (Å²) in [6.45, 7) is 5.14. The zero-order valence-corrected chi connectivity index (χ0v) is 12.9. The van der Waals surface area contributed by atoms with E-state index in [9.17, 15) is 19.8 Å². The Morgan fingerprint density at radius 1 is 0.944 bits per heavy atom. The van der Waals surface area contributed by atoms with E-state index in [1.165, 1.54) is 0 Å². The van der Waals surface area contributed by atoms with Gasteiger partial charge in [0, 0.05) is 23.1 Å². The van der Waals surface area contributed by atoms with Gasteiger partial charge in [-0.3, -0.25) is 9.59 Å². The third kappa shape index (κ3) is 2.82. The summed E-state index contributed by atoms with van der Waals surface area (Å²) in [4.78, 5) is 23.3. The summed E-state index contributed by atoms with van der Waals surface area (Å²) >= 11 is 0. The molecular weight excluding hydrogens is 244 g/mol. The molecule has 0 aromatic carbocycles. The van der Waals surface area contributed by atoms with Gasteiger partial charge in [0.15, 0.2) is 5.41 Å². The monoisotopic (exact) mass is 266 g/mol. The van der Waals surface area contributed by atoms with Gasteiger partial charge in [-0.1, -0.05) is 40.0 Å². The highest BCUT2D eigenvalue weighted by Gasteiger charge is 2.60. The van der Waals surface area contributed by atoms with E-state index in [2.05, 4.69) is 0 Å². The Morgan fingerprint density at radius 2 is 1.33 bits per heavy atom. The van der Waals surface area contributed by atoms with Crippen LogP contribution < -0.4 is 0 Å². The minimum Gasteiger partial charge on any atom is -0.480 e. The van der Waals surface area contributed by atoms with Crippen LogP contribution in [0.3, 0.4) is 0 Å². The maximum absolute atomic E-state index is 11.6. The van der Waals surface area contributed by atoms with Gasteiger partial charge in [-0.15, -0.1) is 0 Å². The fourth-order valence-electron chi connectivity index (χ4n) is 3.23. The number of hydrogen-bond donors (Lipinski definition) is 2. The molecule has 100 valence electrons. The van der Waals surface area contributed by atoms with Crippen LogP contribution in [0.15, 0.2) is 0 Å². The van der Waals surface area contributed by atoms with E-state index in [0.29, 0.717) is 12.8 Å². The molecule has 5 heteroatoms. The molecule has 0 aromatic heterocycles. The Hall–Kier alpha value is -0.294. The first-order valence-corrected chi connectivity index (χ1v) is 6.21. The second-order valence-corrected chi connectivity index (χ2v) is 6.00. The molecular formula is C13H22MgO4. The number of rotatable bonds is 3. The van der Waals surface area contributed by atoms with Crippen LogP contribution in [0.5, 0.6) is 0 Å². The van der Waals surface area contributed by atoms with E-state index in [4.69, 9.17) is 0 Å². The zero-order chi connectivity index (χ0) is 13.3. The number of carboxylic acids is 2. The minimum absolute atomic E-state index is 0. The lowest BCUT2D eigenvalue weighted by molar-refractivity contribution is -0.181. The largest absolute Gasteiger partial charge is 0.480 e. The van der Waals surface area contributed by atoms with Crippen LogP contribution in [0, 0.1) is 16.7 Å². The van der Waals surface area contributed by atoms with E-state index in [1.54, 1.807) is 20.8 Å². The maximum atomic E-state index is 11.6. The van der Waals surface area contributed by atoms with Crippen molar-refractivity contribution in [3.63, 3.8) is 0 Å². The van der Waals surface area contributed by atoms with Crippen molar-refractivity contribution in [2.75, 3.05) is 0 Å². The molecule has 4 nitrogen and oxygen atoms in total. The molecule has 0 bridgehead atoms. The van der Waals surface area contributed by atoms with Gasteiger partial charge in [0.05, 0.1) is 0 Å². The molecule has 1 rings (SSSR count). The van der Waals surface area contributed by atoms with Crippen LogP contribution in [-0.2, 0) is 9.59 Å². The summed E-state index contributed by atoms with van der Waals surface area (Å²) in [5.41, 5.74) is -2.44. The van der Waals surface area contributed by atoms with Gasteiger partial charge in [-0.2, -0.15) is 0 Å². The maximum Gasteiger partial charge on any atom is 0.321 e. The first kappa shape index (κ1) is 17.7. The molecule has 0 spiro atoms. The molecule has 1 aliphatic rings. The predicted octanol–water partition coefficient (Wildman–Crippen LogP) is 2.39. The van der Waals surface area contributed by atoms with Crippen LogP contribution >= 0.6 is 0 Å². The highest BCUT2D eigenvalue weighted by Crippen LogP contribution is 2.50. The number of aliphatic carboxylic acids is 2. The fourth-order valence-corrected chi connectivity index (χ4v) is 3.23. The quantitative estimate of drug-likeness (QED) is 0.607. The van der Waals surface area contributed by atoms with Gasteiger partial charge in [-0.25, -0.2) is 0 Å². The van der Waals surface area contributed by atoms with Gasteiger partial charge < -0.3 is 10.2 Å². The van der Waals surface area contributed by atoms with E-state index >= 15 is 0 Å². The Labute approximate surface area is 124 Å². The molecule has 0 saturated heterocycles. The van der Waals surface area contributed by atoms with Gasteiger partial charge in [0.25, 0.3) is 0 Å². The second-order valence-electron chi connectivity index (χ2n) is 6.00. The van der Waals surface area contributed by atoms with Crippen molar-refractivity contribution >= 4 is 35.0 Å². The summed E-state index contributed by atoms with van der Waals surface area (Å²) in [6.07, 6.45) is 4.35. The second kappa shape index (κ2) is 6.24. The number of carboxylic acid groups (broad SMARTS) is 2. The van der Waals surface area contributed by atoms with Crippen molar-refractivity contribution in [2.24, 2.45) is 16.7 Å². The Bertz CT molecular complexity index is 299. The van der Waals surface area contributed by atoms with Crippen molar-refractivity contribution in [1.29, 1.82) is 0 Å². The molecule has 2 N–H and O–H groups in total. The first-order chi connectivity index (χ1) is 7.74. The van der Waals surface area contributed by atoms with Crippen molar-refractivity contribution < 1.29 is 19.8 Å². The van der Waals surface area contributed by atoms with E-state index in [1.807, 2.05) is 0 Å².